The predicted molar refractivity (Wildman–Crippen MR) is 98.6 cm³/mol. The Labute approximate surface area is 152 Å². The van der Waals surface area contributed by atoms with Crippen LogP contribution < -0.4 is 10.9 Å². The van der Waals surface area contributed by atoms with Gasteiger partial charge in [0, 0.05) is 17.8 Å². The Hall–Kier alpha value is -2.45. The van der Waals surface area contributed by atoms with Crippen LogP contribution in [-0.4, -0.2) is 31.0 Å². The first kappa shape index (κ1) is 17.4. The Morgan fingerprint density at radius 3 is 2.92 bits per heavy atom. The maximum atomic E-state index is 12.0. The van der Waals surface area contributed by atoms with E-state index < -0.39 is 5.38 Å². The number of amides is 1. The van der Waals surface area contributed by atoms with E-state index in [0.29, 0.717) is 23.6 Å². The Balaban J connectivity index is 2.11. The number of thiophene rings is 1. The molecular formula is C16H16ClN5O2S. The molecule has 0 radical (unpaired) electrons. The number of carbonyl (C=O) groups excluding carboxylic acids is 1. The summed E-state index contributed by atoms with van der Waals surface area (Å²) < 4.78 is 1.41. The Bertz CT molecular complexity index is 946. The fraction of sp³-hybridized carbons (Fsp3) is 0.250. The monoisotopic (exact) mass is 377 g/mol. The number of alkyl halides is 1. The Morgan fingerprint density at radius 1 is 1.48 bits per heavy atom. The molecule has 0 fully saturated rings. The van der Waals surface area contributed by atoms with Crippen molar-refractivity contribution < 1.29 is 4.79 Å². The molecule has 1 amide bonds. The van der Waals surface area contributed by atoms with Crippen molar-refractivity contribution in [3.63, 3.8) is 0 Å². The summed E-state index contributed by atoms with van der Waals surface area (Å²) in [6, 6.07) is 7.00. The highest BCUT2D eigenvalue weighted by atomic mass is 35.5. The van der Waals surface area contributed by atoms with Gasteiger partial charge in [0.05, 0.1) is 4.88 Å². The minimum absolute atomic E-state index is 0.240. The number of rotatable bonds is 5. The number of halogens is 1. The van der Waals surface area contributed by atoms with E-state index in [4.69, 9.17) is 11.6 Å². The van der Waals surface area contributed by atoms with Gasteiger partial charge in [-0.3, -0.25) is 14.6 Å². The van der Waals surface area contributed by atoms with Gasteiger partial charge < -0.3 is 5.32 Å². The summed E-state index contributed by atoms with van der Waals surface area (Å²) in [6.45, 7) is 3.49. The summed E-state index contributed by atoms with van der Waals surface area (Å²) in [6.07, 6.45) is 0.608. The number of nitrogens with one attached hydrogen (secondary N) is 2. The molecule has 0 aliphatic heterocycles. The fourth-order valence-corrected chi connectivity index (χ4v) is 2.91. The Kier molecular flexibility index (Phi) is 5.00. The first-order chi connectivity index (χ1) is 12.0. The van der Waals surface area contributed by atoms with Gasteiger partial charge in [-0.1, -0.05) is 13.0 Å². The number of hydrogen-bond donors (Lipinski definition) is 2. The predicted octanol–water partition coefficient (Wildman–Crippen LogP) is 2.81. The van der Waals surface area contributed by atoms with Crippen molar-refractivity contribution in [1.29, 1.82) is 0 Å². The highest BCUT2D eigenvalue weighted by molar-refractivity contribution is 7.13. The van der Waals surface area contributed by atoms with Crippen LogP contribution in [0.3, 0.4) is 0 Å². The fourth-order valence-electron chi connectivity index (χ4n) is 2.18. The second-order valence-electron chi connectivity index (χ2n) is 5.32. The largest absolute Gasteiger partial charge is 0.309 e. The molecule has 0 aromatic carbocycles. The first-order valence-corrected chi connectivity index (χ1v) is 8.99. The molecule has 3 aromatic heterocycles. The molecule has 0 bridgehead atoms. The third kappa shape index (κ3) is 3.80. The topological polar surface area (TPSA) is 92.7 Å². The molecule has 130 valence electrons. The van der Waals surface area contributed by atoms with Crippen LogP contribution >= 0.6 is 22.9 Å². The van der Waals surface area contributed by atoms with Crippen LogP contribution in [0.25, 0.3) is 16.5 Å². The van der Waals surface area contributed by atoms with Crippen molar-refractivity contribution in [3.05, 3.63) is 45.7 Å². The second kappa shape index (κ2) is 7.20. The zero-order valence-electron chi connectivity index (χ0n) is 13.6. The quantitative estimate of drug-likeness (QED) is 0.668. The van der Waals surface area contributed by atoms with Crippen molar-refractivity contribution in [2.75, 3.05) is 5.32 Å². The van der Waals surface area contributed by atoms with Crippen LogP contribution in [0.1, 0.15) is 19.5 Å². The van der Waals surface area contributed by atoms with E-state index in [1.165, 1.54) is 22.1 Å². The Morgan fingerprint density at radius 2 is 2.28 bits per heavy atom. The summed E-state index contributed by atoms with van der Waals surface area (Å²) in [5.41, 5.74) is 1.02. The van der Waals surface area contributed by atoms with Crippen LogP contribution in [0.5, 0.6) is 0 Å². The lowest BCUT2D eigenvalue weighted by molar-refractivity contribution is -0.115. The number of H-pyrrole nitrogens is 1. The molecule has 0 spiro atoms. The van der Waals surface area contributed by atoms with Crippen molar-refractivity contribution in [2.24, 2.45) is 0 Å². The molecule has 0 saturated carbocycles. The number of nitrogens with zero attached hydrogens (tertiary/aromatic N) is 3. The molecule has 2 N–H and O–H groups in total. The van der Waals surface area contributed by atoms with Crippen LogP contribution in [0.15, 0.2) is 34.4 Å². The number of aryl methyl sites for hydroxylation is 1. The lowest BCUT2D eigenvalue weighted by atomic mass is 10.3. The van der Waals surface area contributed by atoms with Crippen LogP contribution in [0.2, 0.25) is 0 Å². The summed E-state index contributed by atoms with van der Waals surface area (Å²) >= 11 is 7.36. The van der Waals surface area contributed by atoms with Gasteiger partial charge >= 0.3 is 0 Å². The SMILES string of the molecule is CCc1cc(=O)[nH]c(-n2nc(-c3cccs3)cc2NC(=O)C(C)Cl)n1. The molecular weight excluding hydrogens is 362 g/mol. The molecule has 0 aliphatic rings. The van der Waals surface area contributed by atoms with E-state index >= 15 is 0 Å². The first-order valence-electron chi connectivity index (χ1n) is 7.67. The van der Waals surface area contributed by atoms with Crippen molar-refractivity contribution in [1.82, 2.24) is 19.7 Å². The van der Waals surface area contributed by atoms with Crippen LogP contribution in [-0.2, 0) is 11.2 Å². The lowest BCUT2D eigenvalue weighted by Crippen LogP contribution is -2.23. The molecule has 7 nitrogen and oxygen atoms in total. The standard InChI is InChI=1S/C16H16ClN5O2S/c1-3-10-7-14(23)20-16(18-10)22-13(19-15(24)9(2)17)8-11(21-22)12-5-4-6-25-12/h4-9H,3H2,1-2H3,(H,19,24)(H,18,20,23). The van der Waals surface area contributed by atoms with E-state index in [2.05, 4.69) is 20.4 Å². The average molecular weight is 378 g/mol. The van der Waals surface area contributed by atoms with Crippen LogP contribution in [0.4, 0.5) is 5.82 Å². The lowest BCUT2D eigenvalue weighted by Gasteiger charge is -2.09. The number of aromatic amines is 1. The number of carbonyl (C=O) groups is 1. The molecule has 25 heavy (non-hydrogen) atoms. The zero-order valence-corrected chi connectivity index (χ0v) is 15.2. The van der Waals surface area contributed by atoms with Gasteiger partial charge in [-0.2, -0.15) is 9.78 Å². The smallest absolute Gasteiger partial charge is 0.252 e. The molecule has 0 aliphatic carbocycles. The van der Waals surface area contributed by atoms with E-state index in [9.17, 15) is 9.59 Å². The normalized spacial score (nSPS) is 12.1. The molecule has 3 aromatic rings. The zero-order chi connectivity index (χ0) is 18.0. The average Bonchev–Trinajstić information content (AvgIpc) is 3.23. The van der Waals surface area contributed by atoms with Crippen LogP contribution in [0, 0.1) is 0 Å². The number of anilines is 1. The number of aromatic nitrogens is 4. The molecule has 0 saturated heterocycles. The third-order valence-corrected chi connectivity index (χ3v) is 4.53. The summed E-state index contributed by atoms with van der Waals surface area (Å²) in [5, 5.41) is 8.44. The highest BCUT2D eigenvalue weighted by Gasteiger charge is 2.18. The molecule has 1 unspecified atom stereocenters. The maximum Gasteiger partial charge on any atom is 0.252 e. The van der Waals surface area contributed by atoms with Gasteiger partial charge in [-0.25, -0.2) is 4.98 Å². The number of hydrogen-bond acceptors (Lipinski definition) is 5. The van der Waals surface area contributed by atoms with Crippen molar-refractivity contribution in [2.45, 2.75) is 25.6 Å². The van der Waals surface area contributed by atoms with Gasteiger partial charge in [-0.15, -0.1) is 22.9 Å². The second-order valence-corrected chi connectivity index (χ2v) is 6.93. The molecule has 3 rings (SSSR count). The highest BCUT2D eigenvalue weighted by Crippen LogP contribution is 2.27. The van der Waals surface area contributed by atoms with Gasteiger partial charge in [-0.05, 0) is 24.8 Å². The molecule has 9 heteroatoms. The molecule has 3 heterocycles. The molecule has 1 atom stereocenters. The van der Waals surface area contributed by atoms with Gasteiger partial charge in [0.1, 0.15) is 16.9 Å². The van der Waals surface area contributed by atoms with Gasteiger partial charge in [0.25, 0.3) is 5.56 Å². The van der Waals surface area contributed by atoms with Gasteiger partial charge in [0.2, 0.25) is 11.9 Å². The van der Waals surface area contributed by atoms with E-state index in [0.717, 1.165) is 4.88 Å². The summed E-state index contributed by atoms with van der Waals surface area (Å²) in [4.78, 5) is 31.9. The third-order valence-electron chi connectivity index (χ3n) is 3.44. The minimum atomic E-state index is -0.706. The van der Waals surface area contributed by atoms with E-state index in [-0.39, 0.29) is 17.4 Å². The van der Waals surface area contributed by atoms with E-state index in [1.807, 2.05) is 24.4 Å². The minimum Gasteiger partial charge on any atom is -0.309 e. The summed E-state index contributed by atoms with van der Waals surface area (Å²) in [7, 11) is 0. The van der Waals surface area contributed by atoms with Crippen molar-refractivity contribution in [3.8, 4) is 16.5 Å². The van der Waals surface area contributed by atoms with Gasteiger partial charge in [0.15, 0.2) is 0 Å². The van der Waals surface area contributed by atoms with E-state index in [1.54, 1.807) is 13.0 Å². The maximum absolute atomic E-state index is 12.0. The van der Waals surface area contributed by atoms with Crippen molar-refractivity contribution >= 4 is 34.7 Å². The summed E-state index contributed by atoms with van der Waals surface area (Å²) in [5.74, 6) is 0.261.